The summed E-state index contributed by atoms with van der Waals surface area (Å²) in [5, 5.41) is 29.1. The van der Waals surface area contributed by atoms with Crippen molar-refractivity contribution in [3.63, 3.8) is 0 Å². The van der Waals surface area contributed by atoms with Crippen molar-refractivity contribution in [2.45, 2.75) is 69.1 Å². The van der Waals surface area contributed by atoms with Crippen LogP contribution in [0.3, 0.4) is 0 Å². The maximum Gasteiger partial charge on any atom is 0.326 e. The fourth-order valence-corrected chi connectivity index (χ4v) is 4.08. The number of hydrogen-bond acceptors (Lipinski definition) is 7. The van der Waals surface area contributed by atoms with Crippen molar-refractivity contribution in [3.8, 4) is 0 Å². The average Bonchev–Trinajstić information content (AvgIpc) is 3.43. The van der Waals surface area contributed by atoms with Crippen molar-refractivity contribution in [1.82, 2.24) is 21.3 Å². The number of guanidine groups is 1. The first kappa shape index (κ1) is 31.0. The van der Waals surface area contributed by atoms with Gasteiger partial charge in [-0.3, -0.25) is 24.2 Å². The third-order valence-corrected chi connectivity index (χ3v) is 6.13. The van der Waals surface area contributed by atoms with Gasteiger partial charge in [-0.15, -0.1) is 0 Å². The van der Waals surface area contributed by atoms with Gasteiger partial charge in [0.1, 0.15) is 18.1 Å². The van der Waals surface area contributed by atoms with Crippen molar-refractivity contribution >= 4 is 35.6 Å². The van der Waals surface area contributed by atoms with Gasteiger partial charge in [0.2, 0.25) is 17.7 Å². The van der Waals surface area contributed by atoms with Crippen LogP contribution in [0.2, 0.25) is 0 Å². The standard InChI is InChI=1S/C25H37N7O7/c26-25(27)29-13-5-9-17(30-21(35)16-8-4-12-28-16)22(36)32-19(14-15-6-2-1-3-7-15)23(37)31-18(24(38)39)10-11-20(33)34/h1-3,6-7,16-19,28H,4-5,8-14H2,(H,30,35)(H,31,37)(H,32,36)(H,33,34)(H,38,39)(H4,26,27,29). The smallest absolute Gasteiger partial charge is 0.326 e. The summed E-state index contributed by atoms with van der Waals surface area (Å²) < 4.78 is 0. The Hall–Kier alpha value is -4.20. The third kappa shape index (κ3) is 11.4. The minimum absolute atomic E-state index is 0.0303. The van der Waals surface area contributed by atoms with Crippen LogP contribution in [0.5, 0.6) is 0 Å². The molecule has 0 aliphatic carbocycles. The van der Waals surface area contributed by atoms with E-state index in [2.05, 4.69) is 26.3 Å². The lowest BCUT2D eigenvalue weighted by molar-refractivity contribution is -0.143. The third-order valence-electron chi connectivity index (χ3n) is 6.13. The number of nitrogens with one attached hydrogen (secondary N) is 4. The van der Waals surface area contributed by atoms with Crippen LogP contribution in [-0.4, -0.2) is 83.1 Å². The SMILES string of the molecule is NC(N)=NCCCC(NC(=O)C1CCCN1)C(=O)NC(Cc1ccccc1)C(=O)NC(CCC(=O)O)C(=O)O. The minimum atomic E-state index is -1.47. The normalized spacial score (nSPS) is 16.8. The molecule has 0 aromatic heterocycles. The van der Waals surface area contributed by atoms with Gasteiger partial charge in [0.05, 0.1) is 6.04 Å². The second-order valence-electron chi connectivity index (χ2n) is 9.24. The summed E-state index contributed by atoms with van der Waals surface area (Å²) in [4.78, 5) is 65.7. The van der Waals surface area contributed by atoms with Gasteiger partial charge in [-0.1, -0.05) is 30.3 Å². The lowest BCUT2D eigenvalue weighted by atomic mass is 10.0. The molecule has 4 atom stereocenters. The number of carbonyl (C=O) groups is 5. The van der Waals surface area contributed by atoms with Gasteiger partial charge in [0.15, 0.2) is 5.96 Å². The molecule has 14 heteroatoms. The van der Waals surface area contributed by atoms with Gasteiger partial charge >= 0.3 is 11.9 Å². The van der Waals surface area contributed by atoms with E-state index in [0.717, 1.165) is 6.42 Å². The molecule has 1 fully saturated rings. The minimum Gasteiger partial charge on any atom is -0.481 e. The molecule has 1 saturated heterocycles. The van der Waals surface area contributed by atoms with Crippen LogP contribution in [0.1, 0.15) is 44.1 Å². The topological polar surface area (TPSA) is 238 Å². The molecule has 3 amide bonds. The summed E-state index contributed by atoms with van der Waals surface area (Å²) >= 11 is 0. The molecule has 0 bridgehead atoms. The average molecular weight is 548 g/mol. The summed E-state index contributed by atoms with van der Waals surface area (Å²) in [6.45, 7) is 0.910. The van der Waals surface area contributed by atoms with Crippen molar-refractivity contribution in [3.05, 3.63) is 35.9 Å². The number of nitrogens with zero attached hydrogens (tertiary/aromatic N) is 1. The number of amides is 3. The van der Waals surface area contributed by atoms with Crippen molar-refractivity contribution in [1.29, 1.82) is 0 Å². The Morgan fingerprint density at radius 2 is 1.62 bits per heavy atom. The van der Waals surface area contributed by atoms with Gasteiger partial charge in [-0.05, 0) is 44.2 Å². The van der Waals surface area contributed by atoms with E-state index in [9.17, 15) is 29.1 Å². The molecule has 214 valence electrons. The first-order valence-corrected chi connectivity index (χ1v) is 12.7. The molecule has 0 radical (unpaired) electrons. The lowest BCUT2D eigenvalue weighted by Crippen LogP contribution is -2.57. The fourth-order valence-electron chi connectivity index (χ4n) is 4.08. The number of carboxylic acid groups (broad SMARTS) is 2. The Labute approximate surface area is 226 Å². The summed E-state index contributed by atoms with van der Waals surface area (Å²) in [6.07, 6.45) is 1.22. The highest BCUT2D eigenvalue weighted by atomic mass is 16.4. The quantitative estimate of drug-likeness (QED) is 0.0672. The Morgan fingerprint density at radius 3 is 2.21 bits per heavy atom. The van der Waals surface area contributed by atoms with Gasteiger partial charge in [-0.25, -0.2) is 4.79 Å². The Kier molecular flexibility index (Phi) is 12.7. The summed E-state index contributed by atoms with van der Waals surface area (Å²) in [6, 6.07) is 4.65. The highest BCUT2D eigenvalue weighted by molar-refractivity contribution is 5.94. The molecule has 1 aromatic rings. The molecular formula is C25H37N7O7. The molecule has 1 aliphatic rings. The van der Waals surface area contributed by atoms with Crippen molar-refractivity contribution in [2.75, 3.05) is 13.1 Å². The van der Waals surface area contributed by atoms with E-state index in [1.165, 1.54) is 0 Å². The van der Waals surface area contributed by atoms with Crippen molar-refractivity contribution < 1.29 is 34.2 Å². The second kappa shape index (κ2) is 15.9. The van der Waals surface area contributed by atoms with E-state index in [1.54, 1.807) is 30.3 Å². The van der Waals surface area contributed by atoms with Crippen LogP contribution in [-0.2, 0) is 30.4 Å². The summed E-state index contributed by atoms with van der Waals surface area (Å²) in [5.74, 6) is -4.50. The predicted octanol–water partition coefficient (Wildman–Crippen LogP) is -1.56. The predicted molar refractivity (Wildman–Crippen MR) is 141 cm³/mol. The number of hydrogen-bond donors (Lipinski definition) is 8. The molecule has 2 rings (SSSR count). The zero-order valence-electron chi connectivity index (χ0n) is 21.6. The number of carbonyl (C=O) groups excluding carboxylic acids is 3. The van der Waals surface area contributed by atoms with Crippen LogP contribution in [0.4, 0.5) is 0 Å². The molecule has 39 heavy (non-hydrogen) atoms. The molecule has 0 saturated carbocycles. The van der Waals surface area contributed by atoms with Crippen molar-refractivity contribution in [2.24, 2.45) is 16.5 Å². The summed E-state index contributed by atoms with van der Waals surface area (Å²) in [7, 11) is 0. The zero-order chi connectivity index (χ0) is 28.8. The Morgan fingerprint density at radius 1 is 0.949 bits per heavy atom. The molecule has 1 heterocycles. The number of rotatable bonds is 16. The number of aliphatic imine (C=N–C) groups is 1. The van der Waals surface area contributed by atoms with E-state index in [-0.39, 0.29) is 37.7 Å². The number of carboxylic acids is 2. The molecule has 1 aromatic carbocycles. The van der Waals surface area contributed by atoms with Crippen LogP contribution in [0, 0.1) is 0 Å². The van der Waals surface area contributed by atoms with E-state index < -0.39 is 54.3 Å². The first-order chi connectivity index (χ1) is 18.6. The van der Waals surface area contributed by atoms with Crippen LogP contribution < -0.4 is 32.7 Å². The lowest BCUT2D eigenvalue weighted by Gasteiger charge is -2.25. The second-order valence-corrected chi connectivity index (χ2v) is 9.24. The highest BCUT2D eigenvalue weighted by Crippen LogP contribution is 2.09. The van der Waals surface area contributed by atoms with E-state index in [1.807, 2.05) is 0 Å². The number of nitrogens with two attached hydrogens (primary N) is 2. The van der Waals surface area contributed by atoms with E-state index >= 15 is 0 Å². The highest BCUT2D eigenvalue weighted by Gasteiger charge is 2.31. The van der Waals surface area contributed by atoms with E-state index in [4.69, 9.17) is 16.6 Å². The van der Waals surface area contributed by atoms with Gasteiger partial charge in [-0.2, -0.15) is 0 Å². The molecular weight excluding hydrogens is 510 g/mol. The van der Waals surface area contributed by atoms with Gasteiger partial charge < -0.3 is 42.9 Å². The van der Waals surface area contributed by atoms with Crippen LogP contribution >= 0.6 is 0 Å². The maximum absolute atomic E-state index is 13.4. The van der Waals surface area contributed by atoms with Crippen LogP contribution in [0.25, 0.3) is 0 Å². The molecule has 10 N–H and O–H groups in total. The van der Waals surface area contributed by atoms with Gasteiger partial charge in [0, 0.05) is 19.4 Å². The monoisotopic (exact) mass is 547 g/mol. The number of benzene rings is 1. The van der Waals surface area contributed by atoms with Gasteiger partial charge in [0.25, 0.3) is 0 Å². The van der Waals surface area contributed by atoms with E-state index in [0.29, 0.717) is 24.9 Å². The number of aliphatic carboxylic acids is 2. The first-order valence-electron chi connectivity index (χ1n) is 12.7. The molecule has 14 nitrogen and oxygen atoms in total. The molecule has 1 aliphatic heterocycles. The van der Waals surface area contributed by atoms with Crippen LogP contribution in [0.15, 0.2) is 35.3 Å². The largest absolute Gasteiger partial charge is 0.481 e. The fraction of sp³-hybridized carbons (Fsp3) is 0.520. The zero-order valence-corrected chi connectivity index (χ0v) is 21.6. The Bertz CT molecular complexity index is 1020. The summed E-state index contributed by atoms with van der Waals surface area (Å²) in [5.41, 5.74) is 11.4. The Balaban J connectivity index is 2.20. The maximum atomic E-state index is 13.4. The molecule has 4 unspecified atom stereocenters. The molecule has 0 spiro atoms.